The normalized spacial score (nSPS) is 22.5. The average molecular weight is 180 g/mol. The zero-order valence-corrected chi connectivity index (χ0v) is 8.25. The molecule has 0 saturated carbocycles. The van der Waals surface area contributed by atoms with Gasteiger partial charge in [-0.25, -0.2) is 9.67 Å². The highest BCUT2D eigenvalue weighted by molar-refractivity contribution is 4.88. The summed E-state index contributed by atoms with van der Waals surface area (Å²) in [4.78, 5) is 4.28. The molecule has 1 N–H and O–H groups in total. The molecule has 0 bridgehead atoms. The number of hydrogen-bond acceptors (Lipinski definition) is 3. The van der Waals surface area contributed by atoms with Crippen LogP contribution in [-0.2, 0) is 6.54 Å². The molecule has 1 aliphatic rings. The van der Waals surface area contributed by atoms with Gasteiger partial charge in [0.25, 0.3) is 0 Å². The van der Waals surface area contributed by atoms with Crippen molar-refractivity contribution in [2.45, 2.75) is 26.8 Å². The van der Waals surface area contributed by atoms with Crippen LogP contribution in [0.4, 0.5) is 0 Å². The second-order valence-electron chi connectivity index (χ2n) is 3.75. The zero-order valence-electron chi connectivity index (χ0n) is 8.25. The first-order valence-corrected chi connectivity index (χ1v) is 4.84. The fourth-order valence-electron chi connectivity index (χ4n) is 1.85. The lowest BCUT2D eigenvalue weighted by molar-refractivity contribution is 0.440. The first-order valence-electron chi connectivity index (χ1n) is 4.84. The van der Waals surface area contributed by atoms with Crippen molar-refractivity contribution < 1.29 is 0 Å². The first kappa shape index (κ1) is 8.69. The molecule has 13 heavy (non-hydrogen) atoms. The topological polar surface area (TPSA) is 42.7 Å². The predicted molar refractivity (Wildman–Crippen MR) is 50.5 cm³/mol. The Morgan fingerprint density at radius 2 is 2.38 bits per heavy atom. The highest BCUT2D eigenvalue weighted by atomic mass is 15.3. The van der Waals surface area contributed by atoms with E-state index in [4.69, 9.17) is 0 Å². The number of aromatic nitrogens is 3. The maximum absolute atomic E-state index is 4.35. The standard InChI is InChI=1S/C9H16N4/c1-7-11-8(2)13(12-7)6-9-3-4-10-5-9/h9-10H,3-6H2,1-2H3. The van der Waals surface area contributed by atoms with Gasteiger partial charge in [-0.05, 0) is 39.3 Å². The maximum Gasteiger partial charge on any atom is 0.147 e. The Kier molecular flexibility index (Phi) is 2.31. The van der Waals surface area contributed by atoms with E-state index in [1.165, 1.54) is 6.42 Å². The highest BCUT2D eigenvalue weighted by Crippen LogP contribution is 2.10. The molecule has 2 heterocycles. The minimum absolute atomic E-state index is 0.736. The fraction of sp³-hybridized carbons (Fsp3) is 0.778. The Balaban J connectivity index is 2.03. The Hall–Kier alpha value is -0.900. The summed E-state index contributed by atoms with van der Waals surface area (Å²) in [6.07, 6.45) is 1.26. The second-order valence-corrected chi connectivity index (χ2v) is 3.75. The van der Waals surface area contributed by atoms with E-state index in [9.17, 15) is 0 Å². The molecule has 1 aromatic rings. The molecule has 72 valence electrons. The van der Waals surface area contributed by atoms with Crippen molar-refractivity contribution in [3.05, 3.63) is 11.6 Å². The van der Waals surface area contributed by atoms with Gasteiger partial charge in [-0.1, -0.05) is 0 Å². The first-order chi connectivity index (χ1) is 6.25. The van der Waals surface area contributed by atoms with Gasteiger partial charge in [0.15, 0.2) is 0 Å². The predicted octanol–water partition coefficient (Wildman–Crippen LogP) is 0.504. The SMILES string of the molecule is Cc1nc(C)n(CC2CCNC2)n1. The van der Waals surface area contributed by atoms with Gasteiger partial charge in [0.05, 0.1) is 0 Å². The molecular formula is C9H16N4. The van der Waals surface area contributed by atoms with Crippen LogP contribution in [0.3, 0.4) is 0 Å². The van der Waals surface area contributed by atoms with Crippen molar-refractivity contribution in [3.63, 3.8) is 0 Å². The summed E-state index contributed by atoms with van der Waals surface area (Å²) in [5.74, 6) is 2.65. The lowest BCUT2D eigenvalue weighted by Gasteiger charge is -2.08. The Bertz CT molecular complexity index is 286. The zero-order chi connectivity index (χ0) is 9.26. The van der Waals surface area contributed by atoms with Crippen LogP contribution in [0.25, 0.3) is 0 Å². The summed E-state index contributed by atoms with van der Waals surface area (Å²) in [7, 11) is 0. The number of rotatable bonds is 2. The minimum atomic E-state index is 0.736. The summed E-state index contributed by atoms with van der Waals surface area (Å²) in [5, 5.41) is 7.71. The quantitative estimate of drug-likeness (QED) is 0.721. The van der Waals surface area contributed by atoms with E-state index in [1.807, 2.05) is 18.5 Å². The molecule has 4 nitrogen and oxygen atoms in total. The summed E-state index contributed by atoms with van der Waals surface area (Å²) < 4.78 is 2.02. The Morgan fingerprint density at radius 3 is 2.92 bits per heavy atom. The van der Waals surface area contributed by atoms with Gasteiger partial charge in [0.2, 0.25) is 0 Å². The highest BCUT2D eigenvalue weighted by Gasteiger charge is 2.16. The molecule has 1 aliphatic heterocycles. The Morgan fingerprint density at radius 1 is 1.54 bits per heavy atom. The average Bonchev–Trinajstić information content (AvgIpc) is 2.63. The largest absolute Gasteiger partial charge is 0.316 e. The van der Waals surface area contributed by atoms with E-state index in [0.717, 1.165) is 37.2 Å². The van der Waals surface area contributed by atoms with Crippen molar-refractivity contribution in [3.8, 4) is 0 Å². The second kappa shape index (κ2) is 3.46. The van der Waals surface area contributed by atoms with Crippen LogP contribution in [0.15, 0.2) is 0 Å². The third-order valence-corrected chi connectivity index (χ3v) is 2.56. The van der Waals surface area contributed by atoms with Crippen LogP contribution in [0.2, 0.25) is 0 Å². The van der Waals surface area contributed by atoms with Crippen molar-refractivity contribution in [1.82, 2.24) is 20.1 Å². The van der Waals surface area contributed by atoms with Crippen LogP contribution in [0.5, 0.6) is 0 Å². The van der Waals surface area contributed by atoms with E-state index < -0.39 is 0 Å². The molecule has 0 amide bonds. The van der Waals surface area contributed by atoms with Crippen LogP contribution >= 0.6 is 0 Å². The van der Waals surface area contributed by atoms with Crippen molar-refractivity contribution in [2.75, 3.05) is 13.1 Å². The smallest absolute Gasteiger partial charge is 0.147 e. The van der Waals surface area contributed by atoms with Gasteiger partial charge in [-0.2, -0.15) is 5.10 Å². The van der Waals surface area contributed by atoms with E-state index in [-0.39, 0.29) is 0 Å². The van der Waals surface area contributed by atoms with Crippen molar-refractivity contribution in [1.29, 1.82) is 0 Å². The molecule has 1 unspecified atom stereocenters. The van der Waals surface area contributed by atoms with Crippen LogP contribution < -0.4 is 5.32 Å². The molecule has 0 radical (unpaired) electrons. The van der Waals surface area contributed by atoms with Crippen molar-refractivity contribution >= 4 is 0 Å². The molecule has 1 saturated heterocycles. The van der Waals surface area contributed by atoms with Gasteiger partial charge in [0.1, 0.15) is 11.6 Å². The maximum atomic E-state index is 4.35. The summed E-state index contributed by atoms with van der Waals surface area (Å²) >= 11 is 0. The number of nitrogens with one attached hydrogen (secondary N) is 1. The molecule has 0 aliphatic carbocycles. The summed E-state index contributed by atoms with van der Waals surface area (Å²) in [6.45, 7) is 7.24. The minimum Gasteiger partial charge on any atom is -0.316 e. The number of hydrogen-bond donors (Lipinski definition) is 1. The third-order valence-electron chi connectivity index (χ3n) is 2.56. The van der Waals surface area contributed by atoms with Crippen molar-refractivity contribution in [2.24, 2.45) is 5.92 Å². The van der Waals surface area contributed by atoms with E-state index >= 15 is 0 Å². The van der Waals surface area contributed by atoms with Crippen LogP contribution in [0.1, 0.15) is 18.1 Å². The van der Waals surface area contributed by atoms with Gasteiger partial charge in [0, 0.05) is 6.54 Å². The summed E-state index contributed by atoms with van der Waals surface area (Å²) in [6, 6.07) is 0. The van der Waals surface area contributed by atoms with E-state index in [0.29, 0.717) is 0 Å². The number of nitrogens with zero attached hydrogens (tertiary/aromatic N) is 3. The van der Waals surface area contributed by atoms with Gasteiger partial charge < -0.3 is 5.32 Å². The number of aryl methyl sites for hydroxylation is 2. The fourth-order valence-corrected chi connectivity index (χ4v) is 1.85. The van der Waals surface area contributed by atoms with Crippen LogP contribution in [0, 0.1) is 19.8 Å². The van der Waals surface area contributed by atoms with Gasteiger partial charge in [-0.3, -0.25) is 0 Å². The lowest BCUT2D eigenvalue weighted by Crippen LogP contribution is -2.16. The van der Waals surface area contributed by atoms with E-state index in [2.05, 4.69) is 15.4 Å². The molecule has 1 atom stereocenters. The molecular weight excluding hydrogens is 164 g/mol. The lowest BCUT2D eigenvalue weighted by atomic mass is 10.1. The van der Waals surface area contributed by atoms with Gasteiger partial charge in [-0.15, -0.1) is 0 Å². The third kappa shape index (κ3) is 1.88. The monoisotopic (exact) mass is 180 g/mol. The molecule has 1 fully saturated rings. The van der Waals surface area contributed by atoms with Gasteiger partial charge >= 0.3 is 0 Å². The van der Waals surface area contributed by atoms with Crippen LogP contribution in [-0.4, -0.2) is 27.9 Å². The molecule has 1 aromatic heterocycles. The molecule has 0 spiro atoms. The Labute approximate surface area is 78.4 Å². The van der Waals surface area contributed by atoms with E-state index in [1.54, 1.807) is 0 Å². The molecule has 4 heteroatoms. The molecule has 0 aromatic carbocycles. The summed E-state index contributed by atoms with van der Waals surface area (Å²) in [5.41, 5.74) is 0. The molecule has 2 rings (SSSR count).